The summed E-state index contributed by atoms with van der Waals surface area (Å²) >= 11 is 0. The highest BCUT2D eigenvalue weighted by molar-refractivity contribution is 5.12. The van der Waals surface area contributed by atoms with Crippen molar-refractivity contribution < 1.29 is 0 Å². The second kappa shape index (κ2) is 5.00. The smallest absolute Gasteiger partial charge is 0.0672 e. The van der Waals surface area contributed by atoms with Crippen LogP contribution >= 0.6 is 0 Å². The average Bonchev–Trinajstić information content (AvgIpc) is 2.72. The van der Waals surface area contributed by atoms with Crippen molar-refractivity contribution in [2.45, 2.75) is 46.1 Å². The highest BCUT2D eigenvalue weighted by Gasteiger charge is 2.25. The number of hydrogen-bond donors (Lipinski definition) is 1. The first kappa shape index (κ1) is 11.6. The standard InChI is InChI=1S/C13H23N3/c1-4-11-8-12(5-2)16(15-11)13-9-14-7-6-10(13)3/h8,10,13-14H,4-7,9H2,1-3H3. The molecule has 0 saturated carbocycles. The number of aromatic nitrogens is 2. The summed E-state index contributed by atoms with van der Waals surface area (Å²) in [4.78, 5) is 0. The van der Waals surface area contributed by atoms with Crippen LogP contribution in [0.1, 0.15) is 44.6 Å². The monoisotopic (exact) mass is 221 g/mol. The third kappa shape index (κ3) is 2.14. The van der Waals surface area contributed by atoms with Gasteiger partial charge in [-0.05, 0) is 37.8 Å². The molecule has 3 heteroatoms. The lowest BCUT2D eigenvalue weighted by atomic mass is 9.95. The summed E-state index contributed by atoms with van der Waals surface area (Å²) in [5.74, 6) is 0.733. The van der Waals surface area contributed by atoms with Gasteiger partial charge >= 0.3 is 0 Å². The van der Waals surface area contributed by atoms with Crippen LogP contribution in [-0.4, -0.2) is 22.9 Å². The van der Waals surface area contributed by atoms with Crippen LogP contribution in [0.3, 0.4) is 0 Å². The van der Waals surface area contributed by atoms with Gasteiger partial charge in [-0.1, -0.05) is 20.8 Å². The minimum absolute atomic E-state index is 0.545. The van der Waals surface area contributed by atoms with E-state index in [1.165, 1.54) is 17.8 Å². The fourth-order valence-corrected chi connectivity index (χ4v) is 2.51. The molecule has 90 valence electrons. The van der Waals surface area contributed by atoms with Crippen molar-refractivity contribution in [3.05, 3.63) is 17.5 Å². The molecule has 16 heavy (non-hydrogen) atoms. The SMILES string of the molecule is CCc1cc(CC)n(C2CNCCC2C)n1. The second-order valence-electron chi connectivity index (χ2n) is 4.82. The summed E-state index contributed by atoms with van der Waals surface area (Å²) < 4.78 is 2.27. The van der Waals surface area contributed by atoms with Gasteiger partial charge in [0, 0.05) is 12.2 Å². The van der Waals surface area contributed by atoms with E-state index < -0.39 is 0 Å². The molecule has 1 aliphatic rings. The Labute approximate surface area is 98.2 Å². The van der Waals surface area contributed by atoms with Crippen LogP contribution in [0.15, 0.2) is 6.07 Å². The first-order chi connectivity index (χ1) is 7.76. The van der Waals surface area contributed by atoms with Crippen LogP contribution in [0.4, 0.5) is 0 Å². The number of nitrogens with one attached hydrogen (secondary N) is 1. The molecule has 0 spiro atoms. The Hall–Kier alpha value is -0.830. The molecule has 2 unspecified atom stereocenters. The van der Waals surface area contributed by atoms with E-state index in [1.807, 2.05) is 0 Å². The fraction of sp³-hybridized carbons (Fsp3) is 0.769. The van der Waals surface area contributed by atoms with Gasteiger partial charge < -0.3 is 5.32 Å². The predicted molar refractivity (Wildman–Crippen MR) is 66.7 cm³/mol. The Bertz CT molecular complexity index is 343. The van der Waals surface area contributed by atoms with Crippen molar-refractivity contribution in [1.82, 2.24) is 15.1 Å². The molecule has 2 atom stereocenters. The van der Waals surface area contributed by atoms with Gasteiger partial charge in [0.1, 0.15) is 0 Å². The van der Waals surface area contributed by atoms with E-state index in [1.54, 1.807) is 0 Å². The van der Waals surface area contributed by atoms with Crippen LogP contribution in [0.2, 0.25) is 0 Å². The molecule has 0 radical (unpaired) electrons. The summed E-state index contributed by atoms with van der Waals surface area (Å²) in [5, 5.41) is 8.23. The van der Waals surface area contributed by atoms with Gasteiger partial charge in [0.15, 0.2) is 0 Å². The van der Waals surface area contributed by atoms with Gasteiger partial charge in [0.2, 0.25) is 0 Å². The molecule has 2 heterocycles. The summed E-state index contributed by atoms with van der Waals surface area (Å²) in [7, 11) is 0. The van der Waals surface area contributed by atoms with Crippen LogP contribution in [0.25, 0.3) is 0 Å². The Morgan fingerprint density at radius 2 is 2.25 bits per heavy atom. The van der Waals surface area contributed by atoms with Gasteiger partial charge in [-0.15, -0.1) is 0 Å². The molecule has 0 bridgehead atoms. The molecule has 2 rings (SSSR count). The Morgan fingerprint density at radius 1 is 1.44 bits per heavy atom. The highest BCUT2D eigenvalue weighted by atomic mass is 15.3. The molecule has 1 aliphatic heterocycles. The average molecular weight is 221 g/mol. The van der Waals surface area contributed by atoms with E-state index in [0.29, 0.717) is 6.04 Å². The molecule has 1 N–H and O–H groups in total. The number of aryl methyl sites for hydroxylation is 2. The second-order valence-corrected chi connectivity index (χ2v) is 4.82. The Kier molecular flexibility index (Phi) is 3.64. The van der Waals surface area contributed by atoms with Crippen molar-refractivity contribution in [2.24, 2.45) is 5.92 Å². The van der Waals surface area contributed by atoms with E-state index in [9.17, 15) is 0 Å². The largest absolute Gasteiger partial charge is 0.315 e. The minimum atomic E-state index is 0.545. The molecule has 1 aromatic heterocycles. The van der Waals surface area contributed by atoms with Gasteiger partial charge in [-0.25, -0.2) is 0 Å². The summed E-state index contributed by atoms with van der Waals surface area (Å²) in [5.41, 5.74) is 2.62. The van der Waals surface area contributed by atoms with Crippen LogP contribution in [0, 0.1) is 5.92 Å². The fourth-order valence-electron chi connectivity index (χ4n) is 2.51. The van der Waals surface area contributed by atoms with Crippen molar-refractivity contribution in [1.29, 1.82) is 0 Å². The number of piperidine rings is 1. The van der Waals surface area contributed by atoms with E-state index in [-0.39, 0.29) is 0 Å². The lowest BCUT2D eigenvalue weighted by Crippen LogP contribution is -2.38. The Balaban J connectivity index is 2.26. The van der Waals surface area contributed by atoms with Crippen molar-refractivity contribution in [2.75, 3.05) is 13.1 Å². The van der Waals surface area contributed by atoms with Gasteiger partial charge in [0.25, 0.3) is 0 Å². The lowest BCUT2D eigenvalue weighted by molar-refractivity contribution is 0.251. The number of hydrogen-bond acceptors (Lipinski definition) is 2. The zero-order chi connectivity index (χ0) is 11.5. The molecule has 1 fully saturated rings. The first-order valence-corrected chi connectivity index (χ1v) is 6.54. The van der Waals surface area contributed by atoms with E-state index in [0.717, 1.165) is 31.8 Å². The summed E-state index contributed by atoms with van der Waals surface area (Å²) in [6, 6.07) is 2.81. The molecule has 1 saturated heterocycles. The maximum absolute atomic E-state index is 4.75. The molecular weight excluding hydrogens is 198 g/mol. The predicted octanol–water partition coefficient (Wildman–Crippen LogP) is 2.18. The lowest BCUT2D eigenvalue weighted by Gasteiger charge is -2.30. The zero-order valence-corrected chi connectivity index (χ0v) is 10.7. The van der Waals surface area contributed by atoms with Crippen molar-refractivity contribution in [3.63, 3.8) is 0 Å². The molecule has 3 nitrogen and oxygen atoms in total. The highest BCUT2D eigenvalue weighted by Crippen LogP contribution is 2.25. The molecule has 1 aromatic rings. The zero-order valence-electron chi connectivity index (χ0n) is 10.7. The number of rotatable bonds is 3. The quantitative estimate of drug-likeness (QED) is 0.848. The van der Waals surface area contributed by atoms with Crippen LogP contribution in [-0.2, 0) is 12.8 Å². The maximum atomic E-state index is 4.75. The van der Waals surface area contributed by atoms with Gasteiger partial charge in [-0.3, -0.25) is 4.68 Å². The van der Waals surface area contributed by atoms with E-state index in [4.69, 9.17) is 5.10 Å². The number of nitrogens with zero attached hydrogens (tertiary/aromatic N) is 2. The van der Waals surface area contributed by atoms with E-state index >= 15 is 0 Å². The molecule has 0 aromatic carbocycles. The molecule has 0 amide bonds. The van der Waals surface area contributed by atoms with Crippen molar-refractivity contribution >= 4 is 0 Å². The summed E-state index contributed by atoms with van der Waals surface area (Å²) in [6.07, 6.45) is 3.37. The minimum Gasteiger partial charge on any atom is -0.315 e. The third-order valence-corrected chi connectivity index (χ3v) is 3.69. The first-order valence-electron chi connectivity index (χ1n) is 6.54. The molecular formula is C13H23N3. The van der Waals surface area contributed by atoms with Gasteiger partial charge in [-0.2, -0.15) is 5.10 Å². The van der Waals surface area contributed by atoms with Crippen LogP contribution < -0.4 is 5.32 Å². The molecule has 0 aliphatic carbocycles. The maximum Gasteiger partial charge on any atom is 0.0672 e. The van der Waals surface area contributed by atoms with E-state index in [2.05, 4.69) is 36.8 Å². The normalized spacial score (nSPS) is 25.9. The summed E-state index contributed by atoms with van der Waals surface area (Å²) in [6.45, 7) is 8.96. The van der Waals surface area contributed by atoms with Crippen molar-refractivity contribution in [3.8, 4) is 0 Å². The topological polar surface area (TPSA) is 29.9 Å². The Morgan fingerprint density at radius 3 is 2.88 bits per heavy atom. The third-order valence-electron chi connectivity index (χ3n) is 3.69. The van der Waals surface area contributed by atoms with Gasteiger partial charge in [0.05, 0.1) is 11.7 Å². The van der Waals surface area contributed by atoms with Crippen LogP contribution in [0.5, 0.6) is 0 Å².